The molecule has 0 amide bonds. The Labute approximate surface area is 283 Å². The van der Waals surface area contributed by atoms with Crippen molar-refractivity contribution in [2.24, 2.45) is 5.73 Å². The minimum absolute atomic E-state index is 0.0676. The first-order chi connectivity index (χ1) is 24.1. The number of aromatic nitrogens is 8. The molecule has 2 saturated heterocycles. The molecule has 7 rings (SSSR count). The number of alkyl halides is 3. The van der Waals surface area contributed by atoms with E-state index in [9.17, 15) is 23.1 Å². The molecule has 2 aliphatic heterocycles. The highest BCUT2D eigenvalue weighted by molar-refractivity contribution is 5.84. The van der Waals surface area contributed by atoms with Gasteiger partial charge in [-0.25, -0.2) is 9.78 Å². The van der Waals surface area contributed by atoms with Crippen LogP contribution in [0.25, 0.3) is 11.2 Å². The van der Waals surface area contributed by atoms with Crippen LogP contribution in [-0.4, -0.2) is 94.9 Å². The molecule has 2 aliphatic rings. The van der Waals surface area contributed by atoms with Gasteiger partial charge in [0.1, 0.15) is 6.10 Å². The fourth-order valence-corrected chi connectivity index (χ4v) is 6.24. The zero-order valence-electron chi connectivity index (χ0n) is 26.8. The lowest BCUT2D eigenvalue weighted by Gasteiger charge is -2.22. The Morgan fingerprint density at radius 1 is 1.12 bits per heavy atom. The van der Waals surface area contributed by atoms with E-state index < -0.39 is 36.7 Å². The normalized spacial score (nSPS) is 22.5. The molecule has 5 heterocycles. The van der Waals surface area contributed by atoms with Crippen molar-refractivity contribution in [1.82, 2.24) is 39.7 Å². The number of anilines is 2. The molecule has 262 valence electrons. The Morgan fingerprint density at radius 2 is 1.82 bits per heavy atom. The van der Waals surface area contributed by atoms with Gasteiger partial charge in [0.25, 0.3) is 0 Å². The minimum atomic E-state index is -5.32. The number of aryl methyl sites for hydroxylation is 1. The summed E-state index contributed by atoms with van der Waals surface area (Å²) in [6.45, 7) is 3.54. The number of hydrogen-bond acceptors (Lipinski definition) is 13. The Kier molecular flexibility index (Phi) is 9.06. The highest BCUT2D eigenvalue weighted by atomic mass is 19.4. The van der Waals surface area contributed by atoms with Gasteiger partial charge in [-0.05, 0) is 29.7 Å². The Bertz CT molecular complexity index is 1900. The summed E-state index contributed by atoms with van der Waals surface area (Å²) >= 11 is 0. The van der Waals surface area contributed by atoms with Crippen LogP contribution < -0.4 is 16.0 Å². The standard InChI is InChI=1S/C32H34F3N11O4/c1-2-46-42-27(41-43-46)25-24(50-30(48)32(33,34)35)23(47)29(49-25)45-17-38-22-26(39-31(40-28(22)45)44-14-13-20(36)16-44)37-15-21(18-9-5-3-6-10-18)19-11-7-4-8-12-19/h3-12,17,20-21,23-25,29,47H,2,13-16,36H2,1H3,(H,37,39,40)/t20-,23-,24+,25+,29-/m1/s1. The number of rotatable bonds is 10. The smallest absolute Gasteiger partial charge is 0.449 e. The average Bonchev–Trinajstić information content (AvgIpc) is 3.92. The van der Waals surface area contributed by atoms with Crippen LogP contribution in [0.1, 0.15) is 48.5 Å². The molecule has 0 saturated carbocycles. The number of ether oxygens (including phenoxy) is 2. The van der Waals surface area contributed by atoms with Crippen molar-refractivity contribution < 1.29 is 32.5 Å². The predicted octanol–water partition coefficient (Wildman–Crippen LogP) is 2.72. The van der Waals surface area contributed by atoms with Gasteiger partial charge in [-0.15, -0.1) is 10.2 Å². The summed E-state index contributed by atoms with van der Waals surface area (Å²) in [4.78, 5) is 29.2. The lowest BCUT2D eigenvalue weighted by atomic mass is 9.91. The number of halogens is 3. The molecule has 0 spiro atoms. The third-order valence-corrected chi connectivity index (χ3v) is 8.76. The number of benzene rings is 2. The van der Waals surface area contributed by atoms with Crippen LogP contribution in [0, 0.1) is 0 Å². The lowest BCUT2D eigenvalue weighted by molar-refractivity contribution is -0.210. The number of tetrazole rings is 1. The molecular weight excluding hydrogens is 659 g/mol. The van der Waals surface area contributed by atoms with Crippen LogP contribution in [-0.2, 0) is 20.8 Å². The third kappa shape index (κ3) is 6.56. The van der Waals surface area contributed by atoms with Gasteiger partial charge in [-0.1, -0.05) is 60.7 Å². The molecule has 2 fully saturated rings. The fraction of sp³-hybridized carbons (Fsp3) is 0.406. The molecular formula is C32H34F3N11O4. The van der Waals surface area contributed by atoms with Crippen molar-refractivity contribution in [2.75, 3.05) is 29.9 Å². The van der Waals surface area contributed by atoms with Gasteiger partial charge < -0.3 is 30.5 Å². The number of hydrogen-bond donors (Lipinski definition) is 3. The number of imidazole rings is 1. The van der Waals surface area contributed by atoms with Crippen LogP contribution >= 0.6 is 0 Å². The van der Waals surface area contributed by atoms with E-state index >= 15 is 0 Å². The number of aliphatic hydroxyl groups excluding tert-OH is 1. The monoisotopic (exact) mass is 693 g/mol. The summed E-state index contributed by atoms with van der Waals surface area (Å²) in [6, 6.07) is 19.9. The largest absolute Gasteiger partial charge is 0.490 e. The van der Waals surface area contributed by atoms with Gasteiger partial charge in [0.05, 0.1) is 12.9 Å². The number of nitrogens with one attached hydrogen (secondary N) is 1. The molecule has 0 bridgehead atoms. The number of carbonyl (C=O) groups is 1. The van der Waals surface area contributed by atoms with Crippen LogP contribution in [0.4, 0.5) is 24.9 Å². The van der Waals surface area contributed by atoms with Gasteiger partial charge in [-0.3, -0.25) is 4.57 Å². The van der Waals surface area contributed by atoms with E-state index in [0.717, 1.165) is 17.5 Å². The second-order valence-corrected chi connectivity index (χ2v) is 12.1. The number of carbonyl (C=O) groups excluding carboxylic acids is 1. The van der Waals surface area contributed by atoms with E-state index in [0.29, 0.717) is 43.5 Å². The molecule has 0 unspecified atom stereocenters. The van der Waals surface area contributed by atoms with Gasteiger partial charge in [-0.2, -0.15) is 27.9 Å². The second-order valence-electron chi connectivity index (χ2n) is 12.1. The SMILES string of the molecule is CCn1nnc([C@H]2O[C@@H](n3cnc4c(NCC(c5ccccc5)c5ccccc5)nc(N5CC[C@@H](N)C5)nc43)[C@H](O)[C@@H]2OC(=O)C(F)(F)F)n1. The molecule has 4 N–H and O–H groups in total. The quantitative estimate of drug-likeness (QED) is 0.182. The van der Waals surface area contributed by atoms with Crippen LogP contribution in [0.3, 0.4) is 0 Å². The zero-order chi connectivity index (χ0) is 35.0. The van der Waals surface area contributed by atoms with Crippen molar-refractivity contribution >= 4 is 28.9 Å². The molecule has 2 aromatic carbocycles. The zero-order valence-corrected chi connectivity index (χ0v) is 26.8. The maximum atomic E-state index is 13.3. The van der Waals surface area contributed by atoms with Crippen molar-refractivity contribution in [3.63, 3.8) is 0 Å². The summed E-state index contributed by atoms with van der Waals surface area (Å²) in [5.74, 6) is -2.02. The maximum absolute atomic E-state index is 13.3. The topological polar surface area (TPSA) is 184 Å². The van der Waals surface area contributed by atoms with Crippen molar-refractivity contribution in [2.45, 2.75) is 62.6 Å². The second kappa shape index (κ2) is 13.6. The number of nitrogens with two attached hydrogens (primary N) is 1. The third-order valence-electron chi connectivity index (χ3n) is 8.76. The van der Waals surface area contributed by atoms with E-state index in [4.69, 9.17) is 25.2 Å². The molecule has 5 atom stereocenters. The lowest BCUT2D eigenvalue weighted by Crippen LogP contribution is -2.38. The molecule has 0 radical (unpaired) electrons. The average molecular weight is 694 g/mol. The van der Waals surface area contributed by atoms with Gasteiger partial charge in [0, 0.05) is 31.6 Å². The number of nitrogens with zero attached hydrogens (tertiary/aromatic N) is 9. The number of esters is 1. The van der Waals surface area contributed by atoms with E-state index in [-0.39, 0.29) is 23.4 Å². The molecule has 5 aromatic rings. The Morgan fingerprint density at radius 3 is 2.42 bits per heavy atom. The summed E-state index contributed by atoms with van der Waals surface area (Å²) in [5.41, 5.74) is 8.90. The summed E-state index contributed by atoms with van der Waals surface area (Å²) in [5, 5.41) is 26.7. The molecule has 15 nitrogen and oxygen atoms in total. The highest BCUT2D eigenvalue weighted by Crippen LogP contribution is 2.42. The van der Waals surface area contributed by atoms with E-state index in [1.54, 1.807) is 6.92 Å². The fourth-order valence-electron chi connectivity index (χ4n) is 6.24. The molecule has 18 heteroatoms. The highest BCUT2D eigenvalue weighted by Gasteiger charge is 2.53. The molecule has 50 heavy (non-hydrogen) atoms. The predicted molar refractivity (Wildman–Crippen MR) is 172 cm³/mol. The van der Waals surface area contributed by atoms with E-state index in [2.05, 4.69) is 25.7 Å². The van der Waals surface area contributed by atoms with E-state index in [1.807, 2.05) is 65.6 Å². The van der Waals surface area contributed by atoms with Crippen LogP contribution in [0.2, 0.25) is 0 Å². The summed E-state index contributed by atoms with van der Waals surface area (Å²) < 4.78 is 52.1. The minimum Gasteiger partial charge on any atom is -0.449 e. The van der Waals surface area contributed by atoms with Crippen LogP contribution in [0.15, 0.2) is 67.0 Å². The van der Waals surface area contributed by atoms with Crippen molar-refractivity contribution in [1.29, 1.82) is 0 Å². The molecule has 0 aliphatic carbocycles. The van der Waals surface area contributed by atoms with E-state index in [1.165, 1.54) is 15.7 Å². The van der Waals surface area contributed by atoms with Gasteiger partial charge in [0.2, 0.25) is 11.8 Å². The summed E-state index contributed by atoms with van der Waals surface area (Å²) in [7, 11) is 0. The number of fused-ring (bicyclic) bond motifs is 1. The van der Waals surface area contributed by atoms with Gasteiger partial charge in [0.15, 0.2) is 35.4 Å². The Hall–Kier alpha value is -5.20. The first-order valence-corrected chi connectivity index (χ1v) is 16.1. The van der Waals surface area contributed by atoms with Crippen LogP contribution in [0.5, 0.6) is 0 Å². The number of aliphatic hydroxyl groups is 1. The maximum Gasteiger partial charge on any atom is 0.490 e. The van der Waals surface area contributed by atoms with Crippen molar-refractivity contribution in [3.8, 4) is 0 Å². The Balaban J connectivity index is 1.27. The van der Waals surface area contributed by atoms with Gasteiger partial charge >= 0.3 is 12.1 Å². The first kappa shape index (κ1) is 33.3. The first-order valence-electron chi connectivity index (χ1n) is 16.1. The molecule has 3 aromatic heterocycles. The summed E-state index contributed by atoms with van der Waals surface area (Å²) in [6.07, 6.45) is -9.83. The van der Waals surface area contributed by atoms with Crippen molar-refractivity contribution in [3.05, 3.63) is 83.9 Å².